The molecular formula is C14H16BrClN2S. The Morgan fingerprint density at radius 3 is 2.89 bits per heavy atom. The van der Waals surface area contributed by atoms with E-state index in [-0.39, 0.29) is 6.04 Å². The first-order valence-electron chi connectivity index (χ1n) is 6.15. The fourth-order valence-corrected chi connectivity index (χ4v) is 3.39. The molecule has 0 aliphatic rings. The van der Waals surface area contributed by atoms with Gasteiger partial charge in [-0.05, 0) is 31.5 Å². The summed E-state index contributed by atoms with van der Waals surface area (Å²) in [5.74, 6) is 0. The van der Waals surface area contributed by atoms with E-state index in [0.717, 1.165) is 38.7 Å². The van der Waals surface area contributed by atoms with Crippen LogP contribution in [0.5, 0.6) is 0 Å². The minimum Gasteiger partial charge on any atom is -0.310 e. The van der Waals surface area contributed by atoms with Gasteiger partial charge in [-0.3, -0.25) is 0 Å². The highest BCUT2D eigenvalue weighted by Gasteiger charge is 2.09. The third-order valence-corrected chi connectivity index (χ3v) is 4.57. The van der Waals surface area contributed by atoms with Crippen molar-refractivity contribution in [1.29, 1.82) is 0 Å². The number of nitrogens with zero attached hydrogens (tertiary/aromatic N) is 1. The Labute approximate surface area is 131 Å². The summed E-state index contributed by atoms with van der Waals surface area (Å²) in [6.45, 7) is 5.06. The number of hydrogen-bond acceptors (Lipinski definition) is 3. The van der Waals surface area contributed by atoms with Crippen molar-refractivity contribution in [1.82, 2.24) is 10.3 Å². The zero-order valence-electron chi connectivity index (χ0n) is 10.9. The molecule has 1 atom stereocenters. The van der Waals surface area contributed by atoms with Gasteiger partial charge in [-0.2, -0.15) is 0 Å². The van der Waals surface area contributed by atoms with E-state index < -0.39 is 0 Å². The first-order chi connectivity index (χ1) is 9.06. The van der Waals surface area contributed by atoms with Gasteiger partial charge in [0.2, 0.25) is 0 Å². The van der Waals surface area contributed by atoms with Gasteiger partial charge in [-0.25, -0.2) is 4.98 Å². The second-order valence-corrected chi connectivity index (χ2v) is 6.83. The van der Waals surface area contributed by atoms with Gasteiger partial charge in [0, 0.05) is 33.9 Å². The van der Waals surface area contributed by atoms with E-state index in [4.69, 9.17) is 11.6 Å². The summed E-state index contributed by atoms with van der Waals surface area (Å²) in [6.07, 6.45) is 0.947. The van der Waals surface area contributed by atoms with Crippen molar-refractivity contribution in [2.24, 2.45) is 0 Å². The Morgan fingerprint density at radius 2 is 2.26 bits per heavy atom. The maximum absolute atomic E-state index is 6.24. The molecule has 1 heterocycles. The molecule has 2 rings (SSSR count). The summed E-state index contributed by atoms with van der Waals surface area (Å²) in [6, 6.07) is 6.24. The molecule has 0 spiro atoms. The van der Waals surface area contributed by atoms with Crippen molar-refractivity contribution >= 4 is 38.9 Å². The molecule has 19 heavy (non-hydrogen) atoms. The quantitative estimate of drug-likeness (QED) is 0.832. The topological polar surface area (TPSA) is 24.9 Å². The molecule has 0 radical (unpaired) electrons. The summed E-state index contributed by atoms with van der Waals surface area (Å²) in [4.78, 5) is 4.46. The first-order valence-corrected chi connectivity index (χ1v) is 8.20. The Balaban J connectivity index is 1.88. The van der Waals surface area contributed by atoms with Crippen molar-refractivity contribution in [3.8, 4) is 0 Å². The fourth-order valence-electron chi connectivity index (χ4n) is 1.90. The maximum atomic E-state index is 6.24. The van der Waals surface area contributed by atoms with Crippen LogP contribution in [0, 0.1) is 6.92 Å². The van der Waals surface area contributed by atoms with Crippen LogP contribution < -0.4 is 5.32 Å². The van der Waals surface area contributed by atoms with Crippen LogP contribution >= 0.6 is 38.9 Å². The van der Waals surface area contributed by atoms with Gasteiger partial charge in [0.1, 0.15) is 0 Å². The second kappa shape index (κ2) is 6.84. The van der Waals surface area contributed by atoms with E-state index in [2.05, 4.69) is 44.6 Å². The number of halogens is 2. The van der Waals surface area contributed by atoms with Crippen molar-refractivity contribution < 1.29 is 0 Å². The Bertz CT molecular complexity index is 556. The molecule has 0 aliphatic carbocycles. The molecule has 2 aromatic rings. The lowest BCUT2D eigenvalue weighted by Crippen LogP contribution is -2.21. The van der Waals surface area contributed by atoms with Gasteiger partial charge in [0.05, 0.1) is 10.7 Å². The molecule has 1 N–H and O–H groups in total. The lowest BCUT2D eigenvalue weighted by molar-refractivity contribution is 0.574. The summed E-state index contributed by atoms with van der Waals surface area (Å²) >= 11 is 11.4. The molecular weight excluding hydrogens is 344 g/mol. The minimum absolute atomic E-state index is 0.236. The molecule has 1 aromatic carbocycles. The van der Waals surface area contributed by atoms with Gasteiger partial charge >= 0.3 is 0 Å². The highest BCUT2D eigenvalue weighted by Crippen LogP contribution is 2.26. The van der Waals surface area contributed by atoms with Crippen LogP contribution in [0.3, 0.4) is 0 Å². The highest BCUT2D eigenvalue weighted by molar-refractivity contribution is 9.10. The van der Waals surface area contributed by atoms with Gasteiger partial charge in [0.15, 0.2) is 0 Å². The zero-order chi connectivity index (χ0) is 13.8. The average Bonchev–Trinajstić information content (AvgIpc) is 2.75. The molecule has 102 valence electrons. The predicted octanol–water partition coefficient (Wildman–Crippen LogP) is 4.76. The van der Waals surface area contributed by atoms with E-state index in [9.17, 15) is 0 Å². The van der Waals surface area contributed by atoms with Gasteiger partial charge < -0.3 is 5.32 Å². The standard InChI is InChI=1S/C14H16BrClN2S/c1-9(13-4-3-11(15)7-14(13)16)17-6-5-12-8-19-10(2)18-12/h3-4,7-9,17H,5-6H2,1-2H3. The lowest BCUT2D eigenvalue weighted by atomic mass is 10.1. The van der Waals surface area contributed by atoms with E-state index >= 15 is 0 Å². The van der Waals surface area contributed by atoms with Crippen LogP contribution in [0.25, 0.3) is 0 Å². The van der Waals surface area contributed by atoms with Crippen LogP contribution in [0.15, 0.2) is 28.1 Å². The number of hydrogen-bond donors (Lipinski definition) is 1. The third kappa shape index (κ3) is 4.28. The third-order valence-electron chi connectivity index (χ3n) is 2.93. The molecule has 0 fully saturated rings. The number of rotatable bonds is 5. The summed E-state index contributed by atoms with van der Waals surface area (Å²) < 4.78 is 1.01. The highest BCUT2D eigenvalue weighted by atomic mass is 79.9. The zero-order valence-corrected chi connectivity index (χ0v) is 14.1. The average molecular weight is 360 g/mol. The number of aryl methyl sites for hydroxylation is 1. The lowest BCUT2D eigenvalue weighted by Gasteiger charge is -2.15. The van der Waals surface area contributed by atoms with Crippen molar-refractivity contribution in [2.75, 3.05) is 6.54 Å². The van der Waals surface area contributed by atoms with Gasteiger partial charge in [-0.15, -0.1) is 11.3 Å². The Hall–Kier alpha value is -0.420. The largest absolute Gasteiger partial charge is 0.310 e. The summed E-state index contributed by atoms with van der Waals surface area (Å²) in [5, 5.41) is 7.52. The monoisotopic (exact) mass is 358 g/mol. The predicted molar refractivity (Wildman–Crippen MR) is 86.1 cm³/mol. The molecule has 1 aromatic heterocycles. The molecule has 0 saturated carbocycles. The van der Waals surface area contributed by atoms with E-state index in [1.807, 2.05) is 19.1 Å². The van der Waals surface area contributed by atoms with Crippen LogP contribution in [-0.4, -0.2) is 11.5 Å². The fraction of sp³-hybridized carbons (Fsp3) is 0.357. The van der Waals surface area contributed by atoms with Crippen LogP contribution in [0.2, 0.25) is 5.02 Å². The second-order valence-electron chi connectivity index (χ2n) is 4.45. The number of thiazole rings is 1. The molecule has 1 unspecified atom stereocenters. The maximum Gasteiger partial charge on any atom is 0.0897 e. The summed E-state index contributed by atoms with van der Waals surface area (Å²) in [7, 11) is 0. The van der Waals surface area contributed by atoms with Crippen LogP contribution in [0.4, 0.5) is 0 Å². The molecule has 5 heteroatoms. The molecule has 0 bridgehead atoms. The number of aromatic nitrogens is 1. The Kier molecular flexibility index (Phi) is 5.39. The van der Waals surface area contributed by atoms with Crippen molar-refractivity contribution in [3.05, 3.63) is 49.3 Å². The first kappa shape index (κ1) is 15.0. The molecule has 0 saturated heterocycles. The van der Waals surface area contributed by atoms with Crippen molar-refractivity contribution in [2.45, 2.75) is 26.3 Å². The van der Waals surface area contributed by atoms with E-state index in [0.29, 0.717) is 0 Å². The molecule has 0 amide bonds. The minimum atomic E-state index is 0.236. The summed E-state index contributed by atoms with van der Waals surface area (Å²) in [5.41, 5.74) is 2.28. The van der Waals surface area contributed by atoms with Gasteiger partial charge in [-0.1, -0.05) is 33.6 Å². The van der Waals surface area contributed by atoms with E-state index in [1.165, 1.54) is 0 Å². The normalized spacial score (nSPS) is 12.6. The van der Waals surface area contributed by atoms with Gasteiger partial charge in [0.25, 0.3) is 0 Å². The smallest absolute Gasteiger partial charge is 0.0897 e. The van der Waals surface area contributed by atoms with Crippen molar-refractivity contribution in [3.63, 3.8) is 0 Å². The molecule has 2 nitrogen and oxygen atoms in total. The van der Waals surface area contributed by atoms with Crippen LogP contribution in [-0.2, 0) is 6.42 Å². The SMILES string of the molecule is Cc1nc(CCNC(C)c2ccc(Br)cc2Cl)cs1. The number of nitrogens with one attached hydrogen (secondary N) is 1. The van der Waals surface area contributed by atoms with E-state index in [1.54, 1.807) is 11.3 Å². The van der Waals surface area contributed by atoms with Crippen LogP contribution in [0.1, 0.15) is 29.2 Å². The molecule has 0 aliphatic heterocycles. The number of benzene rings is 1. The Morgan fingerprint density at radius 1 is 1.47 bits per heavy atom.